The molecule has 28 heavy (non-hydrogen) atoms. The van der Waals surface area contributed by atoms with E-state index < -0.39 is 17.7 Å². The summed E-state index contributed by atoms with van der Waals surface area (Å²) in [5.74, 6) is -1.76. The zero-order chi connectivity index (χ0) is 20.1. The molecule has 1 heterocycles. The Kier molecular flexibility index (Phi) is 6.21. The molecule has 0 aliphatic heterocycles. The van der Waals surface area contributed by atoms with Crippen LogP contribution in [0, 0.1) is 5.82 Å². The van der Waals surface area contributed by atoms with E-state index in [-0.39, 0.29) is 17.7 Å². The maximum Gasteiger partial charge on any atom is 0.341 e. The van der Waals surface area contributed by atoms with Crippen LogP contribution in [0.15, 0.2) is 53.9 Å². The van der Waals surface area contributed by atoms with Gasteiger partial charge < -0.3 is 10.1 Å². The Balaban J connectivity index is 1.99. The normalized spacial score (nSPS) is 10.5. The number of amides is 1. The van der Waals surface area contributed by atoms with E-state index in [1.165, 1.54) is 35.1 Å². The molecule has 2 aromatic carbocycles. The summed E-state index contributed by atoms with van der Waals surface area (Å²) in [6.45, 7) is 4.00. The van der Waals surface area contributed by atoms with Gasteiger partial charge in [-0.15, -0.1) is 11.3 Å². The third-order valence-corrected chi connectivity index (χ3v) is 5.18. The first-order valence-corrected chi connectivity index (χ1v) is 9.86. The van der Waals surface area contributed by atoms with Gasteiger partial charge in [0.25, 0.3) is 5.91 Å². The van der Waals surface area contributed by atoms with E-state index >= 15 is 0 Å². The molecule has 1 N–H and O–H groups in total. The standard InChI is InChI=1S/C22H20FNO3S/c1-3-14-9-11-15(12-10-14)17-13-28-21(19(17)22(26)27-4-2)24-20(25)16-7-5-6-8-18(16)23/h5-13H,3-4H2,1-2H3,(H,24,25). The van der Waals surface area contributed by atoms with Crippen LogP contribution in [0.1, 0.15) is 40.1 Å². The molecule has 3 aromatic rings. The molecule has 3 rings (SSSR count). The summed E-state index contributed by atoms with van der Waals surface area (Å²) in [7, 11) is 0. The van der Waals surface area contributed by atoms with Gasteiger partial charge in [-0.25, -0.2) is 9.18 Å². The van der Waals surface area contributed by atoms with Crippen LogP contribution in [0.3, 0.4) is 0 Å². The predicted molar refractivity (Wildman–Crippen MR) is 109 cm³/mol. The van der Waals surface area contributed by atoms with Crippen LogP contribution < -0.4 is 5.32 Å². The summed E-state index contributed by atoms with van der Waals surface area (Å²) in [6.07, 6.45) is 0.915. The molecule has 0 radical (unpaired) electrons. The summed E-state index contributed by atoms with van der Waals surface area (Å²) in [6, 6.07) is 13.6. The summed E-state index contributed by atoms with van der Waals surface area (Å²) in [4.78, 5) is 25.1. The van der Waals surface area contributed by atoms with Gasteiger partial charge in [0.05, 0.1) is 12.2 Å². The van der Waals surface area contributed by atoms with Crippen molar-refractivity contribution in [1.29, 1.82) is 0 Å². The zero-order valence-electron chi connectivity index (χ0n) is 15.6. The van der Waals surface area contributed by atoms with Crippen molar-refractivity contribution in [3.05, 3.63) is 76.4 Å². The van der Waals surface area contributed by atoms with Crippen LogP contribution >= 0.6 is 11.3 Å². The van der Waals surface area contributed by atoms with Gasteiger partial charge in [-0.2, -0.15) is 0 Å². The fraction of sp³-hybridized carbons (Fsp3) is 0.182. The van der Waals surface area contributed by atoms with Crippen LogP contribution in [0.5, 0.6) is 0 Å². The van der Waals surface area contributed by atoms with Gasteiger partial charge in [0.2, 0.25) is 0 Å². The van der Waals surface area contributed by atoms with Crippen molar-refractivity contribution in [1.82, 2.24) is 0 Å². The first kappa shape index (κ1) is 19.8. The van der Waals surface area contributed by atoms with Crippen molar-refractivity contribution in [3.63, 3.8) is 0 Å². The molecule has 6 heteroatoms. The van der Waals surface area contributed by atoms with Crippen molar-refractivity contribution in [3.8, 4) is 11.1 Å². The molecule has 0 aliphatic carbocycles. The Bertz CT molecular complexity index is 995. The van der Waals surface area contributed by atoms with E-state index in [0.717, 1.165) is 12.0 Å². The van der Waals surface area contributed by atoms with Crippen LogP contribution in [0.2, 0.25) is 0 Å². The first-order valence-electron chi connectivity index (χ1n) is 8.99. The molecule has 0 bridgehead atoms. The van der Waals surface area contributed by atoms with Gasteiger partial charge in [0.15, 0.2) is 0 Å². The highest BCUT2D eigenvalue weighted by Crippen LogP contribution is 2.36. The smallest absolute Gasteiger partial charge is 0.341 e. The Morgan fingerprint density at radius 1 is 1.07 bits per heavy atom. The molecule has 0 fully saturated rings. The van der Waals surface area contributed by atoms with Crippen LogP contribution in [0.25, 0.3) is 11.1 Å². The second-order valence-corrected chi connectivity index (χ2v) is 6.94. The van der Waals surface area contributed by atoms with Crippen molar-refractivity contribution in [2.75, 3.05) is 11.9 Å². The number of hydrogen-bond donors (Lipinski definition) is 1. The summed E-state index contributed by atoms with van der Waals surface area (Å²) in [5, 5.41) is 4.79. The third kappa shape index (κ3) is 4.12. The molecule has 4 nitrogen and oxygen atoms in total. The average Bonchev–Trinajstić information content (AvgIpc) is 3.12. The SMILES string of the molecule is CCOC(=O)c1c(-c2ccc(CC)cc2)csc1NC(=O)c1ccccc1F. The lowest BCUT2D eigenvalue weighted by Gasteiger charge is -2.09. The van der Waals surface area contributed by atoms with Gasteiger partial charge in [-0.3, -0.25) is 4.79 Å². The number of carbonyl (C=O) groups excluding carboxylic acids is 2. The number of aryl methyl sites for hydroxylation is 1. The number of halogens is 1. The van der Waals surface area contributed by atoms with Crippen LogP contribution in [-0.2, 0) is 11.2 Å². The van der Waals surface area contributed by atoms with Gasteiger partial charge in [-0.05, 0) is 36.6 Å². The molecule has 144 valence electrons. The molecule has 0 saturated carbocycles. The largest absolute Gasteiger partial charge is 0.462 e. The highest BCUT2D eigenvalue weighted by Gasteiger charge is 2.23. The number of esters is 1. The van der Waals surface area contributed by atoms with E-state index in [0.29, 0.717) is 10.6 Å². The maximum atomic E-state index is 13.9. The number of anilines is 1. The maximum absolute atomic E-state index is 13.9. The lowest BCUT2D eigenvalue weighted by molar-refractivity contribution is 0.0529. The van der Waals surface area contributed by atoms with E-state index in [4.69, 9.17) is 4.74 Å². The minimum Gasteiger partial charge on any atom is -0.462 e. The number of carbonyl (C=O) groups is 2. The van der Waals surface area contributed by atoms with Gasteiger partial charge >= 0.3 is 5.97 Å². The Labute approximate surface area is 167 Å². The Morgan fingerprint density at radius 3 is 2.43 bits per heavy atom. The second-order valence-electron chi connectivity index (χ2n) is 6.06. The lowest BCUT2D eigenvalue weighted by Crippen LogP contribution is -2.16. The Hall–Kier alpha value is -2.99. The van der Waals surface area contributed by atoms with E-state index in [9.17, 15) is 14.0 Å². The number of hydrogen-bond acceptors (Lipinski definition) is 4. The number of ether oxygens (including phenoxy) is 1. The quantitative estimate of drug-likeness (QED) is 0.555. The summed E-state index contributed by atoms with van der Waals surface area (Å²) >= 11 is 1.21. The summed E-state index contributed by atoms with van der Waals surface area (Å²) in [5.41, 5.74) is 2.91. The van der Waals surface area contributed by atoms with Crippen molar-refractivity contribution < 1.29 is 18.7 Å². The average molecular weight is 397 g/mol. The summed E-state index contributed by atoms with van der Waals surface area (Å²) < 4.78 is 19.1. The Morgan fingerprint density at radius 2 is 1.79 bits per heavy atom. The van der Waals surface area contributed by atoms with Gasteiger partial charge in [-0.1, -0.05) is 43.3 Å². The van der Waals surface area contributed by atoms with Crippen molar-refractivity contribution >= 4 is 28.2 Å². The van der Waals surface area contributed by atoms with Gasteiger partial charge in [0.1, 0.15) is 16.4 Å². The number of thiophene rings is 1. The second kappa shape index (κ2) is 8.80. The fourth-order valence-corrected chi connectivity index (χ4v) is 3.76. The molecule has 0 aliphatic rings. The predicted octanol–water partition coefficient (Wildman–Crippen LogP) is 5.55. The molecule has 0 unspecified atom stereocenters. The fourth-order valence-electron chi connectivity index (χ4n) is 2.80. The zero-order valence-corrected chi connectivity index (χ0v) is 16.4. The lowest BCUT2D eigenvalue weighted by atomic mass is 10.0. The van der Waals surface area contributed by atoms with E-state index in [1.807, 2.05) is 24.3 Å². The molecular formula is C22H20FNO3S. The highest BCUT2D eigenvalue weighted by atomic mass is 32.1. The number of rotatable bonds is 6. The third-order valence-electron chi connectivity index (χ3n) is 4.29. The number of benzene rings is 2. The minimum atomic E-state index is -0.621. The highest BCUT2D eigenvalue weighted by molar-refractivity contribution is 7.15. The molecule has 0 atom stereocenters. The first-order chi connectivity index (χ1) is 13.5. The van der Waals surface area contributed by atoms with Crippen LogP contribution in [0.4, 0.5) is 9.39 Å². The minimum absolute atomic E-state index is 0.0837. The van der Waals surface area contributed by atoms with Crippen molar-refractivity contribution in [2.45, 2.75) is 20.3 Å². The van der Waals surface area contributed by atoms with E-state index in [2.05, 4.69) is 12.2 Å². The van der Waals surface area contributed by atoms with Crippen LogP contribution in [-0.4, -0.2) is 18.5 Å². The molecule has 1 aromatic heterocycles. The van der Waals surface area contributed by atoms with E-state index in [1.54, 1.807) is 18.4 Å². The van der Waals surface area contributed by atoms with Crippen molar-refractivity contribution in [2.24, 2.45) is 0 Å². The molecule has 0 spiro atoms. The molecule has 0 saturated heterocycles. The number of nitrogens with one attached hydrogen (secondary N) is 1. The molecule has 1 amide bonds. The molecular weight excluding hydrogens is 377 g/mol. The topological polar surface area (TPSA) is 55.4 Å². The monoisotopic (exact) mass is 397 g/mol. The van der Waals surface area contributed by atoms with Gasteiger partial charge in [0, 0.05) is 10.9 Å².